The number of halogens is 2. The molecule has 0 spiro atoms. The van der Waals surface area contributed by atoms with Gasteiger partial charge in [-0.15, -0.1) is 0 Å². The molecule has 2 aliphatic heterocycles. The minimum absolute atomic E-state index is 0.121. The summed E-state index contributed by atoms with van der Waals surface area (Å²) in [7, 11) is 0. The number of urea groups is 1. The van der Waals surface area contributed by atoms with E-state index in [9.17, 15) is 14.4 Å². The van der Waals surface area contributed by atoms with Gasteiger partial charge < -0.3 is 20.3 Å². The lowest BCUT2D eigenvalue weighted by Crippen LogP contribution is -2.47. The number of carbonyl (C=O) groups excluding carboxylic acids is 3. The molecule has 200 valence electrons. The van der Waals surface area contributed by atoms with Crippen LogP contribution in [-0.4, -0.2) is 46.8 Å². The Hall–Kier alpha value is -4.01. The molecule has 0 aromatic heterocycles. The molecule has 2 heterocycles. The van der Waals surface area contributed by atoms with Crippen LogP contribution in [0, 0.1) is 0 Å². The summed E-state index contributed by atoms with van der Waals surface area (Å²) in [5, 5.41) is 6.53. The van der Waals surface area contributed by atoms with Gasteiger partial charge in [0.25, 0.3) is 5.91 Å². The number of carbonyl (C=O) groups is 3. The van der Waals surface area contributed by atoms with Crippen LogP contribution in [0.15, 0.2) is 84.1 Å². The van der Waals surface area contributed by atoms with Gasteiger partial charge in [0.05, 0.1) is 23.9 Å². The van der Waals surface area contributed by atoms with Crippen molar-refractivity contribution in [2.75, 3.05) is 18.4 Å². The molecule has 3 aromatic rings. The molecular weight excluding hydrogens is 539 g/mol. The van der Waals surface area contributed by atoms with E-state index in [0.717, 1.165) is 0 Å². The van der Waals surface area contributed by atoms with Gasteiger partial charge in [-0.3, -0.25) is 14.5 Å². The molecule has 5 rings (SSSR count). The lowest BCUT2D eigenvalue weighted by molar-refractivity contribution is -0.133. The molecule has 0 radical (unpaired) electrons. The second-order valence-electron chi connectivity index (χ2n) is 9.19. The van der Waals surface area contributed by atoms with Crippen molar-refractivity contribution in [3.63, 3.8) is 0 Å². The fourth-order valence-electron chi connectivity index (χ4n) is 4.75. The third-order valence-electron chi connectivity index (χ3n) is 6.79. The van der Waals surface area contributed by atoms with Gasteiger partial charge in [0.15, 0.2) is 0 Å². The van der Waals surface area contributed by atoms with E-state index in [1.165, 1.54) is 9.80 Å². The number of hydrogen-bond donors (Lipinski definition) is 2. The summed E-state index contributed by atoms with van der Waals surface area (Å²) in [5.41, 5.74) is 2.07. The zero-order valence-electron chi connectivity index (χ0n) is 21.3. The van der Waals surface area contributed by atoms with Crippen LogP contribution in [0.4, 0.5) is 10.5 Å². The van der Waals surface area contributed by atoms with Crippen LogP contribution in [-0.2, 0) is 9.59 Å². The van der Waals surface area contributed by atoms with Gasteiger partial charge in [-0.25, -0.2) is 4.79 Å². The molecule has 10 heteroatoms. The van der Waals surface area contributed by atoms with Crippen molar-refractivity contribution in [1.82, 2.24) is 15.1 Å². The Morgan fingerprint density at radius 1 is 1.05 bits per heavy atom. The third kappa shape index (κ3) is 5.30. The monoisotopic (exact) mass is 564 g/mol. The Bertz CT molecular complexity index is 1460. The first kappa shape index (κ1) is 26.6. The molecule has 0 bridgehead atoms. The van der Waals surface area contributed by atoms with E-state index < -0.39 is 12.1 Å². The van der Waals surface area contributed by atoms with E-state index >= 15 is 0 Å². The first-order valence-corrected chi connectivity index (χ1v) is 13.2. The molecule has 0 fully saturated rings. The molecule has 2 atom stereocenters. The SMILES string of the molecule is CCN1C(=O)N[C@H](c2ccc(Cl)cc2Cl)C2=C1CN([C@H](C)C(=O)Nc1ccc(Oc3ccccc3)cc1)C2=O. The second kappa shape index (κ2) is 11.0. The first-order chi connectivity index (χ1) is 18.8. The Kier molecular flexibility index (Phi) is 7.50. The Morgan fingerprint density at radius 2 is 1.74 bits per heavy atom. The number of ether oxygens (including phenoxy) is 1. The highest BCUT2D eigenvalue weighted by molar-refractivity contribution is 6.35. The first-order valence-electron chi connectivity index (χ1n) is 12.5. The zero-order valence-corrected chi connectivity index (χ0v) is 22.8. The van der Waals surface area contributed by atoms with E-state index in [-0.39, 0.29) is 24.4 Å². The van der Waals surface area contributed by atoms with E-state index in [4.69, 9.17) is 27.9 Å². The number of anilines is 1. The minimum atomic E-state index is -0.807. The van der Waals surface area contributed by atoms with Gasteiger partial charge in [-0.2, -0.15) is 0 Å². The van der Waals surface area contributed by atoms with Crippen molar-refractivity contribution in [2.45, 2.75) is 25.9 Å². The van der Waals surface area contributed by atoms with E-state index in [2.05, 4.69) is 10.6 Å². The van der Waals surface area contributed by atoms with Crippen LogP contribution in [0.2, 0.25) is 10.0 Å². The maximum absolute atomic E-state index is 13.7. The van der Waals surface area contributed by atoms with Crippen LogP contribution in [0.3, 0.4) is 0 Å². The van der Waals surface area contributed by atoms with Gasteiger partial charge in [0.2, 0.25) is 5.91 Å². The highest BCUT2D eigenvalue weighted by Gasteiger charge is 2.46. The number of para-hydroxylation sites is 1. The predicted octanol–water partition coefficient (Wildman–Crippen LogP) is 6.00. The van der Waals surface area contributed by atoms with Crippen LogP contribution in [0.25, 0.3) is 0 Å². The number of amides is 4. The lowest BCUT2D eigenvalue weighted by atomic mass is 9.95. The van der Waals surface area contributed by atoms with Crippen molar-refractivity contribution < 1.29 is 19.1 Å². The maximum atomic E-state index is 13.7. The molecule has 4 amide bonds. The van der Waals surface area contributed by atoms with Crippen molar-refractivity contribution in [3.8, 4) is 11.5 Å². The van der Waals surface area contributed by atoms with Crippen LogP contribution >= 0.6 is 23.2 Å². The van der Waals surface area contributed by atoms with Gasteiger partial charge >= 0.3 is 6.03 Å². The zero-order chi connectivity index (χ0) is 27.7. The summed E-state index contributed by atoms with van der Waals surface area (Å²) in [4.78, 5) is 42.8. The predicted molar refractivity (Wildman–Crippen MR) is 150 cm³/mol. The Balaban J connectivity index is 1.33. The molecule has 0 saturated carbocycles. The van der Waals surface area contributed by atoms with Crippen LogP contribution in [0.1, 0.15) is 25.5 Å². The van der Waals surface area contributed by atoms with Gasteiger partial charge in [-0.1, -0.05) is 47.5 Å². The highest BCUT2D eigenvalue weighted by Crippen LogP contribution is 2.39. The van der Waals surface area contributed by atoms with Crippen LogP contribution in [0.5, 0.6) is 11.5 Å². The number of benzene rings is 3. The van der Waals surface area contributed by atoms with Gasteiger partial charge in [-0.05, 0) is 67.9 Å². The van der Waals surface area contributed by atoms with Crippen molar-refractivity contribution in [1.29, 1.82) is 0 Å². The Labute approximate surface area is 236 Å². The summed E-state index contributed by atoms with van der Waals surface area (Å²) in [5.74, 6) is 0.638. The summed E-state index contributed by atoms with van der Waals surface area (Å²) < 4.78 is 5.80. The quantitative estimate of drug-likeness (QED) is 0.368. The maximum Gasteiger partial charge on any atom is 0.322 e. The summed E-state index contributed by atoms with van der Waals surface area (Å²) in [6, 6.07) is 19.4. The van der Waals surface area contributed by atoms with E-state index in [1.807, 2.05) is 37.3 Å². The number of nitrogens with one attached hydrogen (secondary N) is 2. The lowest BCUT2D eigenvalue weighted by Gasteiger charge is -2.33. The van der Waals surface area contributed by atoms with E-state index in [1.54, 1.807) is 49.4 Å². The van der Waals surface area contributed by atoms with Crippen molar-refractivity contribution in [2.24, 2.45) is 0 Å². The summed E-state index contributed by atoms with van der Waals surface area (Å²) in [6.07, 6.45) is 0. The minimum Gasteiger partial charge on any atom is -0.457 e. The van der Waals surface area contributed by atoms with Crippen LogP contribution < -0.4 is 15.4 Å². The molecule has 0 saturated heterocycles. The number of likely N-dealkylation sites (N-methyl/N-ethyl adjacent to an activating group) is 1. The van der Waals surface area contributed by atoms with E-state index in [0.29, 0.717) is 50.6 Å². The third-order valence-corrected chi connectivity index (χ3v) is 7.35. The molecule has 2 aliphatic rings. The van der Waals surface area contributed by atoms with Gasteiger partial charge in [0.1, 0.15) is 17.5 Å². The normalized spacial score (nSPS) is 17.6. The van der Waals surface area contributed by atoms with Crippen molar-refractivity contribution >= 4 is 46.7 Å². The van der Waals surface area contributed by atoms with Gasteiger partial charge in [0, 0.05) is 22.3 Å². The average Bonchev–Trinajstić information content (AvgIpc) is 3.26. The molecule has 3 aromatic carbocycles. The molecule has 0 unspecified atom stereocenters. The average molecular weight is 565 g/mol. The number of rotatable bonds is 7. The fourth-order valence-corrected chi connectivity index (χ4v) is 5.27. The molecule has 0 aliphatic carbocycles. The molecule has 39 heavy (non-hydrogen) atoms. The number of nitrogens with zero attached hydrogens (tertiary/aromatic N) is 2. The summed E-state index contributed by atoms with van der Waals surface area (Å²) >= 11 is 12.5. The number of hydrogen-bond acceptors (Lipinski definition) is 4. The topological polar surface area (TPSA) is 91.0 Å². The molecule has 2 N–H and O–H groups in total. The summed E-state index contributed by atoms with van der Waals surface area (Å²) in [6.45, 7) is 3.98. The molecule has 8 nitrogen and oxygen atoms in total. The molecular formula is C29H26Cl2N4O4. The van der Waals surface area contributed by atoms with Crippen molar-refractivity contribution in [3.05, 3.63) is 99.7 Å². The smallest absolute Gasteiger partial charge is 0.322 e. The second-order valence-corrected chi connectivity index (χ2v) is 10.0. The standard InChI is InChI=1S/C29H26Cl2N4O4/c1-3-34-24-16-35(28(37)25(24)26(33-29(34)38)22-14-9-18(30)15-23(22)31)17(2)27(36)32-19-10-12-21(13-11-19)39-20-7-5-4-6-8-20/h4-15,17,26H,3,16H2,1-2H3,(H,32,36)(H,33,38)/t17-,26-/m1/s1. The fraction of sp³-hybridized carbons (Fsp3) is 0.207. The largest absolute Gasteiger partial charge is 0.457 e. The highest BCUT2D eigenvalue weighted by atomic mass is 35.5. The Morgan fingerprint density at radius 3 is 2.41 bits per heavy atom.